The third kappa shape index (κ3) is 2.04. The van der Waals surface area contributed by atoms with Gasteiger partial charge in [-0.2, -0.15) is 0 Å². The number of fused-ring (bicyclic) bond motifs is 2. The predicted octanol–water partition coefficient (Wildman–Crippen LogP) is -1.50. The van der Waals surface area contributed by atoms with Crippen molar-refractivity contribution in [2.24, 2.45) is 17.8 Å². The van der Waals surface area contributed by atoms with Crippen LogP contribution in [0.3, 0.4) is 0 Å². The first-order valence-electron chi connectivity index (χ1n) is 11.6. The third-order valence-corrected chi connectivity index (χ3v) is 14.2. The van der Waals surface area contributed by atoms with Crippen LogP contribution in [0.1, 0.15) is 49.6 Å². The molecule has 2 aromatic rings. The van der Waals surface area contributed by atoms with Crippen LogP contribution >= 0.6 is 0 Å². The zero-order valence-electron chi connectivity index (χ0n) is 17.5. The van der Waals surface area contributed by atoms with Gasteiger partial charge in [0.05, 0.1) is 0 Å². The van der Waals surface area contributed by atoms with Crippen LogP contribution in [-0.2, 0) is 10.2 Å². The summed E-state index contributed by atoms with van der Waals surface area (Å²) >= 11 is 0.321. The molecule has 2 saturated heterocycles. The molecule has 0 spiro atoms. The average molecular weight is 532 g/mol. The molecule has 4 N–H and O–H groups in total. The number of hydrogen-bond donors (Lipinski definition) is 2. The topological polar surface area (TPSA) is 108 Å². The van der Waals surface area contributed by atoms with Gasteiger partial charge in [0.25, 0.3) is 0 Å². The molecule has 4 aliphatic carbocycles. The summed E-state index contributed by atoms with van der Waals surface area (Å²) in [4.78, 5) is 12.0. The minimum atomic E-state index is -0.0349. The van der Waals surface area contributed by atoms with Crippen LogP contribution in [-0.4, -0.2) is 46.8 Å². The number of nitrogens with two attached hydrogens (primary N) is 2. The summed E-state index contributed by atoms with van der Waals surface area (Å²) in [6.45, 7) is 3.59. The molecule has 4 unspecified atom stereocenters. The van der Waals surface area contributed by atoms with Gasteiger partial charge in [-0.25, -0.2) is 0 Å². The first-order chi connectivity index (χ1) is 15.1. The van der Waals surface area contributed by atoms with Crippen molar-refractivity contribution in [1.29, 1.82) is 0 Å². The fraction of sp³-hybridized carbons (Fsp3) is 0.682. The molecule has 31 heavy (non-hydrogen) atoms. The Morgan fingerprint density at radius 3 is 2.68 bits per heavy atom. The van der Waals surface area contributed by atoms with E-state index in [1.807, 2.05) is 6.20 Å². The Kier molecular flexibility index (Phi) is 3.26. The molecular formula is C22H27IN7O-. The second-order valence-corrected chi connectivity index (χ2v) is 13.9. The van der Waals surface area contributed by atoms with Gasteiger partial charge < -0.3 is 0 Å². The molecular weight excluding hydrogens is 505 g/mol. The number of anilines is 3. The zero-order chi connectivity index (χ0) is 20.6. The van der Waals surface area contributed by atoms with Crippen LogP contribution in [0.2, 0.25) is 0 Å². The normalized spacial score (nSPS) is 44.2. The van der Waals surface area contributed by atoms with Gasteiger partial charge in [-0.3, -0.25) is 0 Å². The fourth-order valence-electron chi connectivity index (χ4n) is 7.23. The Morgan fingerprint density at radius 2 is 1.97 bits per heavy atom. The van der Waals surface area contributed by atoms with E-state index in [1.165, 1.54) is 19.3 Å². The Balaban J connectivity index is 1.13. The molecule has 0 aromatic carbocycles. The number of morpholine rings is 1. The number of hydrogen-bond acceptors (Lipinski definition) is 7. The summed E-state index contributed by atoms with van der Waals surface area (Å²) in [7, 11) is 0. The molecule has 6 aliphatic rings. The first kappa shape index (κ1) is 17.9. The summed E-state index contributed by atoms with van der Waals surface area (Å²) in [5, 5.41) is 4.56. The molecule has 0 radical (unpaired) electrons. The van der Waals surface area contributed by atoms with Gasteiger partial charge in [0.15, 0.2) is 0 Å². The number of alkyl halides is 2. The molecule has 4 saturated carbocycles. The Morgan fingerprint density at radius 1 is 1.16 bits per heavy atom. The summed E-state index contributed by atoms with van der Waals surface area (Å²) in [6, 6.07) is 0.575. The van der Waals surface area contributed by atoms with E-state index >= 15 is 0 Å². The van der Waals surface area contributed by atoms with E-state index in [2.05, 4.69) is 32.8 Å². The SMILES string of the molecule is C[C@@H]1CN(c2nc(N)c(N)c(C34C5[I-]C3C3CC5C34)n2)C[C@H](c2cnn(C3CC3)c2)O1. The van der Waals surface area contributed by atoms with E-state index < -0.39 is 0 Å². The minimum absolute atomic E-state index is 0.0349. The fourth-order valence-corrected chi connectivity index (χ4v) is 13.4. The molecule has 8 nitrogen and oxygen atoms in total. The molecule has 0 bridgehead atoms. The van der Waals surface area contributed by atoms with Crippen molar-refractivity contribution in [2.45, 2.75) is 57.7 Å². The van der Waals surface area contributed by atoms with Crippen molar-refractivity contribution in [3.8, 4) is 0 Å². The average Bonchev–Trinajstić information content (AvgIpc) is 3.49. The van der Waals surface area contributed by atoms with Crippen molar-refractivity contribution in [1.82, 2.24) is 19.7 Å². The Labute approximate surface area is 191 Å². The van der Waals surface area contributed by atoms with Gasteiger partial charge in [0, 0.05) is 0 Å². The van der Waals surface area contributed by atoms with Crippen LogP contribution in [0.5, 0.6) is 0 Å². The molecule has 0 amide bonds. The summed E-state index contributed by atoms with van der Waals surface area (Å²) < 4.78 is 10.2. The van der Waals surface area contributed by atoms with Crippen molar-refractivity contribution in [2.75, 3.05) is 29.5 Å². The number of ether oxygens (including phenoxy) is 1. The molecule has 6 fully saturated rings. The number of rotatable bonds is 4. The van der Waals surface area contributed by atoms with Crippen molar-refractivity contribution >= 4 is 17.5 Å². The van der Waals surface area contributed by atoms with Gasteiger partial charge >= 0.3 is 179 Å². The number of nitrogen functional groups attached to an aromatic ring is 2. The Hall–Kier alpha value is -1.62. The number of halogens is 1. The molecule has 2 aliphatic heterocycles. The number of nitrogens with zero attached hydrogens (tertiary/aromatic N) is 5. The molecule has 6 atom stereocenters. The molecule has 8 rings (SSSR count). The van der Waals surface area contributed by atoms with E-state index in [1.54, 1.807) is 0 Å². The number of aromatic nitrogens is 4. The second-order valence-electron chi connectivity index (χ2n) is 10.4. The van der Waals surface area contributed by atoms with E-state index in [-0.39, 0.29) is 17.6 Å². The molecule has 9 heteroatoms. The van der Waals surface area contributed by atoms with Crippen molar-refractivity contribution in [3.63, 3.8) is 0 Å². The zero-order valence-corrected chi connectivity index (χ0v) is 19.6. The van der Waals surface area contributed by atoms with Crippen molar-refractivity contribution in [3.05, 3.63) is 23.7 Å². The Bertz CT molecular complexity index is 1090. The summed E-state index contributed by atoms with van der Waals surface area (Å²) in [5.41, 5.74) is 16.0. The molecule has 4 heterocycles. The van der Waals surface area contributed by atoms with E-state index in [0.29, 0.717) is 45.3 Å². The first-order valence-corrected chi connectivity index (χ1v) is 14.0. The van der Waals surface area contributed by atoms with Crippen molar-refractivity contribution < 1.29 is 25.9 Å². The maximum atomic E-state index is 6.51. The molecule has 164 valence electrons. The monoisotopic (exact) mass is 532 g/mol. The van der Waals surface area contributed by atoms with Gasteiger partial charge in [-0.05, 0) is 12.8 Å². The van der Waals surface area contributed by atoms with Gasteiger partial charge in [0.2, 0.25) is 0 Å². The summed E-state index contributed by atoms with van der Waals surface area (Å²) in [5.74, 6) is 3.96. The second kappa shape index (κ2) is 5.65. The van der Waals surface area contributed by atoms with Crippen LogP contribution in [0, 0.1) is 17.8 Å². The van der Waals surface area contributed by atoms with E-state index in [4.69, 9.17) is 21.2 Å². The van der Waals surface area contributed by atoms with E-state index in [0.717, 1.165) is 49.4 Å². The van der Waals surface area contributed by atoms with Gasteiger partial charge in [-0.15, -0.1) is 0 Å². The van der Waals surface area contributed by atoms with Crippen LogP contribution in [0.15, 0.2) is 12.4 Å². The third-order valence-electron chi connectivity index (χ3n) is 8.79. The summed E-state index contributed by atoms with van der Waals surface area (Å²) in [6.07, 6.45) is 8.07. The van der Waals surface area contributed by atoms with Gasteiger partial charge in [-0.1, -0.05) is 0 Å². The van der Waals surface area contributed by atoms with Crippen LogP contribution < -0.4 is 37.6 Å². The van der Waals surface area contributed by atoms with Crippen LogP contribution in [0.25, 0.3) is 0 Å². The predicted molar refractivity (Wildman–Crippen MR) is 111 cm³/mol. The van der Waals surface area contributed by atoms with E-state index in [9.17, 15) is 0 Å². The quantitative estimate of drug-likeness (QED) is 0.365. The maximum absolute atomic E-state index is 6.51. The van der Waals surface area contributed by atoms with Crippen LogP contribution in [0.4, 0.5) is 17.5 Å². The molecule has 2 aromatic heterocycles. The standard InChI is InChI=1S/C22H27IN7O/c1-9-6-29(8-14(31-9)10-5-26-30(7-10)11-2-3-11)21-27-19(16(24)20(25)28-21)22-15-12-4-13(15)18(22)23-17(12)22/h5,7,9,11-15,17-18H,2-4,6,8,24H2,1H3,(H2,25,27,28)/q-1/t9-,12?,13?,14-,15?,17?,18?,22?/m1/s1. The van der Waals surface area contributed by atoms with Gasteiger partial charge in [0.1, 0.15) is 0 Å².